The largest absolute Gasteiger partial charge is 0.479 e. The first-order valence-corrected chi connectivity index (χ1v) is 10.4. The summed E-state index contributed by atoms with van der Waals surface area (Å²) in [5, 5.41) is 29.7. The van der Waals surface area contributed by atoms with Gasteiger partial charge in [-0.3, -0.25) is 0 Å². The van der Waals surface area contributed by atoms with Gasteiger partial charge in [-0.1, -0.05) is 13.8 Å². The fourth-order valence-corrected chi connectivity index (χ4v) is 7.97. The zero-order valence-corrected chi connectivity index (χ0v) is 15.7. The number of fused-ring (bicyclic) bond motifs is 5. The number of carbonyl (C=O) groups is 1. The molecule has 0 radical (unpaired) electrons. The zero-order valence-electron chi connectivity index (χ0n) is 15.7. The van der Waals surface area contributed by atoms with Crippen molar-refractivity contribution in [1.29, 1.82) is 0 Å². The van der Waals surface area contributed by atoms with Crippen LogP contribution in [0.25, 0.3) is 0 Å². The lowest BCUT2D eigenvalue weighted by Crippen LogP contribution is -2.54. The van der Waals surface area contributed by atoms with Crippen LogP contribution >= 0.6 is 0 Å². The molecule has 4 rings (SSSR count). The fraction of sp³-hybridized carbons (Fsp3) is 0.952. The van der Waals surface area contributed by atoms with Gasteiger partial charge in [0.15, 0.2) is 6.10 Å². The SMILES string of the molecule is CC12CCC(O)CC1CCC1C2CCC2(C)C(C(O)C(=O)O)CCC12. The van der Waals surface area contributed by atoms with Crippen molar-refractivity contribution in [2.24, 2.45) is 40.4 Å². The molecule has 0 heterocycles. The summed E-state index contributed by atoms with van der Waals surface area (Å²) >= 11 is 0. The quantitative estimate of drug-likeness (QED) is 0.713. The summed E-state index contributed by atoms with van der Waals surface area (Å²) in [6, 6.07) is 0. The number of aliphatic carboxylic acids is 1. The Hall–Kier alpha value is -0.610. The summed E-state index contributed by atoms with van der Waals surface area (Å²) in [4.78, 5) is 11.4. The predicted octanol–water partition coefficient (Wildman–Crippen LogP) is 3.45. The lowest BCUT2D eigenvalue weighted by atomic mass is 9.44. The second-order valence-electron chi connectivity index (χ2n) is 10.1. The highest BCUT2D eigenvalue weighted by Crippen LogP contribution is 2.67. The smallest absolute Gasteiger partial charge is 0.332 e. The molecule has 0 aromatic carbocycles. The van der Waals surface area contributed by atoms with Crippen molar-refractivity contribution in [3.63, 3.8) is 0 Å². The maximum Gasteiger partial charge on any atom is 0.332 e. The van der Waals surface area contributed by atoms with Gasteiger partial charge in [0.05, 0.1) is 6.10 Å². The number of aliphatic hydroxyl groups is 2. The first kappa shape index (κ1) is 17.8. The average Bonchev–Trinajstić information content (AvgIpc) is 2.92. The number of carboxylic acids is 1. The lowest BCUT2D eigenvalue weighted by molar-refractivity contribution is -0.158. The molecular formula is C21H34O4. The molecule has 0 spiro atoms. The lowest BCUT2D eigenvalue weighted by Gasteiger charge is -2.61. The molecule has 0 saturated heterocycles. The third kappa shape index (κ3) is 2.50. The van der Waals surface area contributed by atoms with Crippen LogP contribution in [0.3, 0.4) is 0 Å². The highest BCUT2D eigenvalue weighted by Gasteiger charge is 2.61. The molecule has 9 atom stereocenters. The molecule has 4 aliphatic carbocycles. The molecule has 0 bridgehead atoms. The Kier molecular flexibility index (Phi) is 4.23. The van der Waals surface area contributed by atoms with E-state index < -0.39 is 12.1 Å². The highest BCUT2D eigenvalue weighted by atomic mass is 16.4. The third-order valence-electron chi connectivity index (χ3n) is 9.35. The molecule has 4 heteroatoms. The van der Waals surface area contributed by atoms with Crippen molar-refractivity contribution in [1.82, 2.24) is 0 Å². The molecular weight excluding hydrogens is 316 g/mol. The summed E-state index contributed by atoms with van der Waals surface area (Å²) < 4.78 is 0. The predicted molar refractivity (Wildman–Crippen MR) is 94.9 cm³/mol. The number of hydrogen-bond acceptors (Lipinski definition) is 3. The fourth-order valence-electron chi connectivity index (χ4n) is 7.97. The average molecular weight is 350 g/mol. The van der Waals surface area contributed by atoms with Crippen molar-refractivity contribution in [3.8, 4) is 0 Å². The minimum absolute atomic E-state index is 0.0175. The van der Waals surface area contributed by atoms with Crippen LogP contribution in [0, 0.1) is 40.4 Å². The number of aliphatic hydroxyl groups excluding tert-OH is 2. The molecule has 0 aromatic heterocycles. The van der Waals surface area contributed by atoms with Gasteiger partial charge in [-0.05, 0) is 92.3 Å². The maximum atomic E-state index is 11.4. The topological polar surface area (TPSA) is 77.8 Å². The van der Waals surface area contributed by atoms with Crippen LogP contribution in [-0.2, 0) is 4.79 Å². The summed E-state index contributed by atoms with van der Waals surface area (Å²) in [6.07, 6.45) is 8.36. The summed E-state index contributed by atoms with van der Waals surface area (Å²) in [5.74, 6) is 1.48. The van der Waals surface area contributed by atoms with Gasteiger partial charge in [-0.25, -0.2) is 4.79 Å². The summed E-state index contributed by atoms with van der Waals surface area (Å²) in [7, 11) is 0. The minimum Gasteiger partial charge on any atom is -0.479 e. The Balaban J connectivity index is 1.59. The molecule has 0 aliphatic heterocycles. The van der Waals surface area contributed by atoms with Crippen LogP contribution in [0.4, 0.5) is 0 Å². The standard InChI is InChI=1S/C21H34O4/c1-20-9-7-13(22)11-12(20)3-4-14-15-5-6-17(18(23)19(24)25)21(15,2)10-8-16(14)20/h12-18,22-23H,3-11H2,1-2H3,(H,24,25). The van der Waals surface area contributed by atoms with E-state index in [0.717, 1.165) is 44.4 Å². The van der Waals surface area contributed by atoms with E-state index >= 15 is 0 Å². The van der Waals surface area contributed by atoms with E-state index in [9.17, 15) is 20.1 Å². The highest BCUT2D eigenvalue weighted by molar-refractivity contribution is 5.72. The molecule has 4 fully saturated rings. The zero-order chi connectivity index (χ0) is 18.0. The summed E-state index contributed by atoms with van der Waals surface area (Å²) in [6.45, 7) is 4.73. The number of carboxylic acid groups (broad SMARTS) is 1. The van der Waals surface area contributed by atoms with Crippen molar-refractivity contribution in [3.05, 3.63) is 0 Å². The van der Waals surface area contributed by atoms with Crippen LogP contribution in [0.5, 0.6) is 0 Å². The van der Waals surface area contributed by atoms with Gasteiger partial charge >= 0.3 is 5.97 Å². The molecule has 142 valence electrons. The van der Waals surface area contributed by atoms with Gasteiger partial charge in [0.25, 0.3) is 0 Å². The molecule has 4 saturated carbocycles. The second kappa shape index (κ2) is 5.95. The molecule has 25 heavy (non-hydrogen) atoms. The molecule has 3 N–H and O–H groups in total. The Morgan fingerprint density at radius 2 is 1.64 bits per heavy atom. The van der Waals surface area contributed by atoms with Crippen LogP contribution in [0.2, 0.25) is 0 Å². The van der Waals surface area contributed by atoms with Crippen molar-refractivity contribution >= 4 is 5.97 Å². The molecule has 9 unspecified atom stereocenters. The van der Waals surface area contributed by atoms with Crippen molar-refractivity contribution in [2.75, 3.05) is 0 Å². The van der Waals surface area contributed by atoms with Gasteiger partial charge in [0.2, 0.25) is 0 Å². The Morgan fingerprint density at radius 1 is 0.960 bits per heavy atom. The first-order valence-electron chi connectivity index (χ1n) is 10.4. The Morgan fingerprint density at radius 3 is 2.36 bits per heavy atom. The van der Waals surface area contributed by atoms with E-state index in [2.05, 4.69) is 13.8 Å². The maximum absolute atomic E-state index is 11.4. The van der Waals surface area contributed by atoms with Crippen LogP contribution < -0.4 is 0 Å². The Labute approximate surface area is 151 Å². The third-order valence-corrected chi connectivity index (χ3v) is 9.35. The van der Waals surface area contributed by atoms with E-state index in [0.29, 0.717) is 23.2 Å². The molecule has 0 amide bonds. The van der Waals surface area contributed by atoms with Gasteiger partial charge in [-0.2, -0.15) is 0 Å². The number of hydrogen-bond donors (Lipinski definition) is 3. The van der Waals surface area contributed by atoms with Crippen molar-refractivity contribution < 1.29 is 20.1 Å². The van der Waals surface area contributed by atoms with Gasteiger partial charge in [0.1, 0.15) is 0 Å². The minimum atomic E-state index is -1.21. The Bertz CT molecular complexity index is 548. The summed E-state index contributed by atoms with van der Waals surface area (Å²) in [5.41, 5.74) is 0.337. The van der Waals surface area contributed by atoms with E-state index in [4.69, 9.17) is 0 Å². The van der Waals surface area contributed by atoms with Crippen LogP contribution in [0.15, 0.2) is 0 Å². The van der Waals surface area contributed by atoms with E-state index in [1.165, 1.54) is 19.3 Å². The van der Waals surface area contributed by atoms with Crippen LogP contribution in [0.1, 0.15) is 71.6 Å². The second-order valence-corrected chi connectivity index (χ2v) is 10.1. The number of rotatable bonds is 2. The van der Waals surface area contributed by atoms with E-state index in [1.54, 1.807) is 0 Å². The first-order chi connectivity index (χ1) is 11.8. The van der Waals surface area contributed by atoms with Gasteiger partial charge < -0.3 is 15.3 Å². The van der Waals surface area contributed by atoms with Crippen LogP contribution in [-0.4, -0.2) is 33.5 Å². The molecule has 4 aliphatic rings. The van der Waals surface area contributed by atoms with E-state index in [-0.39, 0.29) is 17.4 Å². The van der Waals surface area contributed by atoms with E-state index in [1.807, 2.05) is 0 Å². The molecule has 0 aromatic rings. The van der Waals surface area contributed by atoms with Crippen molar-refractivity contribution in [2.45, 2.75) is 83.8 Å². The van der Waals surface area contributed by atoms with Gasteiger partial charge in [0, 0.05) is 5.92 Å². The van der Waals surface area contributed by atoms with Gasteiger partial charge in [-0.15, -0.1) is 0 Å². The monoisotopic (exact) mass is 350 g/mol. The molecule has 4 nitrogen and oxygen atoms in total. The normalized spacial score (nSPS) is 53.4.